The Kier molecular flexibility index (Phi) is 7.87. The first kappa shape index (κ1) is 23.2. The number of methoxy groups -OCH3 is 1. The fraction of sp³-hybridized carbons (Fsp3) is 0.375. The van der Waals surface area contributed by atoms with E-state index in [0.717, 1.165) is 50.6 Å². The second kappa shape index (κ2) is 11.2. The second-order valence-corrected chi connectivity index (χ2v) is 8.51. The summed E-state index contributed by atoms with van der Waals surface area (Å²) in [5, 5.41) is 10.1. The van der Waals surface area contributed by atoms with Gasteiger partial charge in [-0.2, -0.15) is 5.10 Å². The van der Waals surface area contributed by atoms with Gasteiger partial charge in [-0.1, -0.05) is 30.3 Å². The molecule has 33 heavy (non-hydrogen) atoms. The summed E-state index contributed by atoms with van der Waals surface area (Å²) in [6.07, 6.45) is 0. The van der Waals surface area contributed by atoms with E-state index < -0.39 is 0 Å². The van der Waals surface area contributed by atoms with Crippen molar-refractivity contribution in [2.45, 2.75) is 13.1 Å². The summed E-state index contributed by atoms with van der Waals surface area (Å²) >= 11 is 5.34. The van der Waals surface area contributed by atoms with Gasteiger partial charge in [0, 0.05) is 51.4 Å². The lowest BCUT2D eigenvalue weighted by Gasteiger charge is -2.34. The number of rotatable bonds is 9. The van der Waals surface area contributed by atoms with Crippen molar-refractivity contribution in [2.75, 3.05) is 46.4 Å². The van der Waals surface area contributed by atoms with E-state index in [-0.39, 0.29) is 12.5 Å². The van der Waals surface area contributed by atoms with Crippen LogP contribution in [0.2, 0.25) is 0 Å². The highest BCUT2D eigenvalue weighted by molar-refractivity contribution is 7.71. The van der Waals surface area contributed by atoms with Crippen LogP contribution in [-0.4, -0.2) is 76.8 Å². The summed E-state index contributed by atoms with van der Waals surface area (Å²) in [7, 11) is 1.63. The maximum absolute atomic E-state index is 12.6. The van der Waals surface area contributed by atoms with Crippen LogP contribution in [0.3, 0.4) is 0 Å². The first-order chi connectivity index (χ1) is 16.1. The Labute approximate surface area is 199 Å². The molecular weight excluding hydrogens is 436 g/mol. The Morgan fingerprint density at radius 3 is 2.45 bits per heavy atom. The van der Waals surface area contributed by atoms with Gasteiger partial charge in [0.2, 0.25) is 5.91 Å². The SMILES string of the molecule is COc1ccc(-c2n[nH]c(=S)n2CC(=O)NCCN2CCN(Cc3ccccc3)CC2)cc1. The van der Waals surface area contributed by atoms with Gasteiger partial charge in [-0.15, -0.1) is 0 Å². The minimum atomic E-state index is -0.0787. The molecule has 0 spiro atoms. The number of H-pyrrole nitrogens is 1. The van der Waals surface area contributed by atoms with Crippen molar-refractivity contribution in [1.82, 2.24) is 29.9 Å². The number of aromatic amines is 1. The van der Waals surface area contributed by atoms with Crippen LogP contribution in [-0.2, 0) is 17.9 Å². The van der Waals surface area contributed by atoms with E-state index in [9.17, 15) is 4.79 Å². The van der Waals surface area contributed by atoms with Gasteiger partial charge in [0.05, 0.1) is 7.11 Å². The molecule has 2 heterocycles. The predicted molar refractivity (Wildman–Crippen MR) is 131 cm³/mol. The Bertz CT molecular complexity index is 1090. The average molecular weight is 467 g/mol. The number of hydrogen-bond donors (Lipinski definition) is 2. The molecule has 1 aliphatic rings. The van der Waals surface area contributed by atoms with Gasteiger partial charge in [-0.25, -0.2) is 0 Å². The van der Waals surface area contributed by atoms with Crippen molar-refractivity contribution in [1.29, 1.82) is 0 Å². The maximum Gasteiger partial charge on any atom is 0.240 e. The Morgan fingerprint density at radius 2 is 1.76 bits per heavy atom. The Balaban J connectivity index is 1.22. The summed E-state index contributed by atoms with van der Waals surface area (Å²) in [4.78, 5) is 17.5. The van der Waals surface area contributed by atoms with Crippen LogP contribution in [0.5, 0.6) is 5.75 Å². The standard InChI is InChI=1S/C24H30N6O2S/c1-32-21-9-7-20(8-10-21)23-26-27-24(33)30(23)18-22(31)25-11-12-28-13-15-29(16-14-28)17-19-5-3-2-4-6-19/h2-10H,11-18H2,1H3,(H,25,31)(H,27,33). The molecule has 1 saturated heterocycles. The van der Waals surface area contributed by atoms with Crippen molar-refractivity contribution in [2.24, 2.45) is 0 Å². The van der Waals surface area contributed by atoms with E-state index in [0.29, 0.717) is 17.1 Å². The molecule has 0 saturated carbocycles. The van der Waals surface area contributed by atoms with Crippen LogP contribution >= 0.6 is 12.2 Å². The quantitative estimate of drug-likeness (QED) is 0.472. The molecule has 2 aromatic carbocycles. The van der Waals surface area contributed by atoms with Gasteiger partial charge in [-0.05, 0) is 42.0 Å². The van der Waals surface area contributed by atoms with Crippen molar-refractivity contribution >= 4 is 18.1 Å². The lowest BCUT2D eigenvalue weighted by atomic mass is 10.2. The summed E-state index contributed by atoms with van der Waals surface area (Å²) in [5.74, 6) is 1.32. The van der Waals surface area contributed by atoms with Crippen LogP contribution in [0.25, 0.3) is 11.4 Å². The van der Waals surface area contributed by atoms with Gasteiger partial charge in [0.25, 0.3) is 0 Å². The summed E-state index contributed by atoms with van der Waals surface area (Å²) in [6, 6.07) is 18.1. The monoisotopic (exact) mass is 466 g/mol. The molecule has 3 aromatic rings. The molecule has 2 N–H and O–H groups in total. The van der Waals surface area contributed by atoms with Gasteiger partial charge >= 0.3 is 0 Å². The minimum absolute atomic E-state index is 0.0787. The number of nitrogens with one attached hydrogen (secondary N) is 2. The number of hydrogen-bond acceptors (Lipinski definition) is 6. The highest BCUT2D eigenvalue weighted by atomic mass is 32.1. The number of carbonyl (C=O) groups is 1. The first-order valence-electron chi connectivity index (χ1n) is 11.2. The van der Waals surface area contributed by atoms with Crippen LogP contribution in [0, 0.1) is 4.77 Å². The number of amides is 1. The molecule has 174 valence electrons. The van der Waals surface area contributed by atoms with Crippen LogP contribution in [0.15, 0.2) is 54.6 Å². The average Bonchev–Trinajstić information content (AvgIpc) is 3.21. The fourth-order valence-corrected chi connectivity index (χ4v) is 4.19. The number of ether oxygens (including phenoxy) is 1. The number of carbonyl (C=O) groups excluding carboxylic acids is 1. The van der Waals surface area contributed by atoms with Crippen molar-refractivity contribution in [3.8, 4) is 17.1 Å². The Morgan fingerprint density at radius 1 is 1.06 bits per heavy atom. The maximum atomic E-state index is 12.6. The van der Waals surface area contributed by atoms with Crippen molar-refractivity contribution in [3.63, 3.8) is 0 Å². The molecule has 4 rings (SSSR count). The molecule has 1 aromatic heterocycles. The van der Waals surface area contributed by atoms with Crippen molar-refractivity contribution in [3.05, 3.63) is 64.9 Å². The molecular formula is C24H30N6O2S. The third-order valence-electron chi connectivity index (χ3n) is 5.87. The molecule has 8 nitrogen and oxygen atoms in total. The lowest BCUT2D eigenvalue weighted by Crippen LogP contribution is -2.48. The van der Waals surface area contributed by atoms with Gasteiger partial charge < -0.3 is 10.1 Å². The molecule has 0 atom stereocenters. The predicted octanol–water partition coefficient (Wildman–Crippen LogP) is 2.55. The molecule has 0 unspecified atom stereocenters. The molecule has 1 amide bonds. The van der Waals surface area contributed by atoms with E-state index in [1.807, 2.05) is 24.3 Å². The van der Waals surface area contributed by atoms with E-state index in [1.165, 1.54) is 5.56 Å². The number of aromatic nitrogens is 3. The molecule has 0 radical (unpaired) electrons. The van der Waals surface area contributed by atoms with Crippen LogP contribution in [0.4, 0.5) is 0 Å². The number of piperazine rings is 1. The third kappa shape index (κ3) is 6.28. The summed E-state index contributed by atoms with van der Waals surface area (Å²) in [5.41, 5.74) is 2.22. The highest BCUT2D eigenvalue weighted by Crippen LogP contribution is 2.20. The van der Waals surface area contributed by atoms with Crippen LogP contribution in [0.1, 0.15) is 5.56 Å². The van der Waals surface area contributed by atoms with E-state index in [4.69, 9.17) is 17.0 Å². The molecule has 0 bridgehead atoms. The third-order valence-corrected chi connectivity index (χ3v) is 6.18. The largest absolute Gasteiger partial charge is 0.497 e. The molecule has 9 heteroatoms. The highest BCUT2D eigenvalue weighted by Gasteiger charge is 2.17. The topological polar surface area (TPSA) is 78.4 Å². The smallest absolute Gasteiger partial charge is 0.240 e. The summed E-state index contributed by atoms with van der Waals surface area (Å²) < 4.78 is 7.34. The van der Waals surface area contributed by atoms with Crippen LogP contribution < -0.4 is 10.1 Å². The zero-order chi connectivity index (χ0) is 23.0. The first-order valence-corrected chi connectivity index (χ1v) is 11.6. The lowest BCUT2D eigenvalue weighted by molar-refractivity contribution is -0.121. The van der Waals surface area contributed by atoms with Gasteiger partial charge in [-0.3, -0.25) is 24.3 Å². The molecule has 1 aliphatic heterocycles. The van der Waals surface area contributed by atoms with Crippen molar-refractivity contribution < 1.29 is 9.53 Å². The number of nitrogens with zero attached hydrogens (tertiary/aromatic N) is 4. The molecule has 0 aliphatic carbocycles. The zero-order valence-electron chi connectivity index (χ0n) is 18.9. The zero-order valence-corrected chi connectivity index (χ0v) is 19.7. The van der Waals surface area contributed by atoms with E-state index >= 15 is 0 Å². The normalized spacial score (nSPS) is 14.8. The van der Waals surface area contributed by atoms with Gasteiger partial charge in [0.1, 0.15) is 12.3 Å². The fourth-order valence-electron chi connectivity index (χ4n) is 3.99. The Hall–Kier alpha value is -3.01. The summed E-state index contributed by atoms with van der Waals surface area (Å²) in [6.45, 7) is 6.67. The van der Waals surface area contributed by atoms with Gasteiger partial charge in [0.15, 0.2) is 10.6 Å². The minimum Gasteiger partial charge on any atom is -0.497 e. The second-order valence-electron chi connectivity index (χ2n) is 8.12. The van der Waals surface area contributed by atoms with E-state index in [1.54, 1.807) is 11.7 Å². The molecule has 1 fully saturated rings. The number of benzene rings is 2. The van der Waals surface area contributed by atoms with E-state index in [2.05, 4.69) is 55.6 Å².